The summed E-state index contributed by atoms with van der Waals surface area (Å²) in [4.78, 5) is 14.7. The summed E-state index contributed by atoms with van der Waals surface area (Å²) >= 11 is 0. The molecule has 2 aromatic rings. The van der Waals surface area contributed by atoms with Crippen LogP contribution in [0.15, 0.2) is 18.2 Å². The van der Waals surface area contributed by atoms with Gasteiger partial charge in [0.25, 0.3) is 0 Å². The Bertz CT molecular complexity index is 825. The number of carbonyl (C=O) groups is 1. The molecule has 4 heteroatoms. The van der Waals surface area contributed by atoms with Crippen molar-refractivity contribution in [3.05, 3.63) is 29.5 Å². The lowest BCUT2D eigenvalue weighted by Gasteiger charge is -2.57. The van der Waals surface area contributed by atoms with E-state index in [2.05, 4.69) is 22.5 Å². The highest BCUT2D eigenvalue weighted by molar-refractivity contribution is 6.00. The second kappa shape index (κ2) is 5.09. The zero-order chi connectivity index (χ0) is 16.4. The van der Waals surface area contributed by atoms with Gasteiger partial charge in [-0.2, -0.15) is 0 Å². The molecular weight excluding hydrogens is 300 g/mol. The largest absolute Gasteiger partial charge is 0.497 e. The molecule has 4 bridgehead atoms. The third kappa shape index (κ3) is 1.75. The third-order valence-corrected chi connectivity index (χ3v) is 6.70. The number of benzene rings is 1. The van der Waals surface area contributed by atoms with E-state index >= 15 is 0 Å². The molecule has 3 fully saturated rings. The van der Waals surface area contributed by atoms with Crippen molar-refractivity contribution in [2.24, 2.45) is 11.8 Å². The van der Waals surface area contributed by atoms with Crippen molar-refractivity contribution in [1.82, 2.24) is 9.47 Å². The Labute approximate surface area is 142 Å². The fraction of sp³-hybridized carbons (Fsp3) is 0.550. The predicted molar refractivity (Wildman–Crippen MR) is 93.6 cm³/mol. The van der Waals surface area contributed by atoms with E-state index in [1.807, 2.05) is 12.1 Å². The minimum Gasteiger partial charge on any atom is -0.497 e. The van der Waals surface area contributed by atoms with E-state index in [0.29, 0.717) is 12.0 Å². The van der Waals surface area contributed by atoms with Gasteiger partial charge in [0.05, 0.1) is 19.3 Å². The van der Waals surface area contributed by atoms with Crippen molar-refractivity contribution in [3.8, 4) is 5.75 Å². The summed E-state index contributed by atoms with van der Waals surface area (Å²) in [6.45, 7) is 4.48. The van der Waals surface area contributed by atoms with Gasteiger partial charge in [-0.25, -0.2) is 0 Å². The minimum absolute atomic E-state index is 0.509. The number of piperidine rings is 2. The smallest absolute Gasteiger partial charge is 0.152 e. The minimum atomic E-state index is 0.509. The first-order valence-electron chi connectivity index (χ1n) is 9.14. The lowest BCUT2D eigenvalue weighted by atomic mass is 9.64. The van der Waals surface area contributed by atoms with Crippen LogP contribution >= 0.6 is 0 Å². The number of ether oxygens (including phenoxy) is 1. The van der Waals surface area contributed by atoms with Gasteiger partial charge in [0.15, 0.2) is 6.29 Å². The standard InChI is InChI=1S/C20H24N2O2/c1-3-13-6-12-7-16-19(13)21(9-12)11-22-18-5-4-14(24-2)8-15(18)17(10-23)20(16)22/h4-5,8,10,12-13,16,19H,3,6-7,9,11H2,1-2H3/t12-,13+,16-,19+/m1/s1. The summed E-state index contributed by atoms with van der Waals surface area (Å²) in [5.41, 5.74) is 3.36. The Morgan fingerprint density at radius 2 is 2.21 bits per heavy atom. The molecule has 5 atom stereocenters. The molecule has 6 rings (SSSR count). The lowest BCUT2D eigenvalue weighted by molar-refractivity contribution is -0.0542. The summed E-state index contributed by atoms with van der Waals surface area (Å²) in [5, 5.41) is 1.05. The molecule has 0 radical (unpaired) electrons. The number of methoxy groups -OCH3 is 1. The number of aromatic nitrogens is 1. The molecule has 2 saturated heterocycles. The Morgan fingerprint density at radius 1 is 1.33 bits per heavy atom. The van der Waals surface area contributed by atoms with E-state index in [1.165, 1.54) is 37.0 Å². The van der Waals surface area contributed by atoms with Gasteiger partial charge in [-0.3, -0.25) is 9.69 Å². The second-order valence-corrected chi connectivity index (χ2v) is 7.74. The summed E-state index contributed by atoms with van der Waals surface area (Å²) in [5.74, 6) is 2.91. The van der Waals surface area contributed by atoms with Crippen molar-refractivity contribution in [3.63, 3.8) is 0 Å². The van der Waals surface area contributed by atoms with Crippen LogP contribution < -0.4 is 4.74 Å². The van der Waals surface area contributed by atoms with Crippen LogP contribution in [0.25, 0.3) is 10.9 Å². The van der Waals surface area contributed by atoms with Gasteiger partial charge < -0.3 is 9.30 Å². The Balaban J connectivity index is 1.74. The fourth-order valence-electron chi connectivity index (χ4n) is 5.84. The molecule has 0 spiro atoms. The van der Waals surface area contributed by atoms with Gasteiger partial charge in [0.1, 0.15) is 5.75 Å². The van der Waals surface area contributed by atoms with E-state index < -0.39 is 0 Å². The van der Waals surface area contributed by atoms with Crippen LogP contribution in [0.3, 0.4) is 0 Å². The molecule has 126 valence electrons. The number of carbonyl (C=O) groups excluding carboxylic acids is 1. The molecule has 4 heterocycles. The van der Waals surface area contributed by atoms with Gasteiger partial charge in [-0.05, 0) is 42.9 Å². The number of nitrogens with zero attached hydrogens (tertiary/aromatic N) is 2. The predicted octanol–water partition coefficient (Wildman–Crippen LogP) is 3.64. The van der Waals surface area contributed by atoms with E-state index in [-0.39, 0.29) is 0 Å². The quantitative estimate of drug-likeness (QED) is 0.809. The van der Waals surface area contributed by atoms with Gasteiger partial charge in [0.2, 0.25) is 0 Å². The highest BCUT2D eigenvalue weighted by Gasteiger charge is 2.50. The molecule has 1 saturated carbocycles. The maximum absolute atomic E-state index is 12.0. The van der Waals surface area contributed by atoms with Crippen molar-refractivity contribution in [2.75, 3.05) is 13.7 Å². The van der Waals surface area contributed by atoms with E-state index in [0.717, 1.165) is 41.5 Å². The maximum Gasteiger partial charge on any atom is 0.152 e. The van der Waals surface area contributed by atoms with Crippen molar-refractivity contribution in [2.45, 2.75) is 44.8 Å². The molecule has 4 nitrogen and oxygen atoms in total. The van der Waals surface area contributed by atoms with Crippen molar-refractivity contribution < 1.29 is 9.53 Å². The molecule has 4 aliphatic rings. The van der Waals surface area contributed by atoms with Crippen LogP contribution in [0, 0.1) is 11.8 Å². The molecule has 1 aromatic heterocycles. The normalized spacial score (nSPS) is 33.5. The molecule has 24 heavy (non-hydrogen) atoms. The summed E-state index contributed by atoms with van der Waals surface area (Å²) < 4.78 is 7.79. The Hall–Kier alpha value is -1.81. The highest BCUT2D eigenvalue weighted by Crippen LogP contribution is 2.52. The van der Waals surface area contributed by atoms with E-state index in [4.69, 9.17) is 4.74 Å². The molecule has 1 aromatic carbocycles. The topological polar surface area (TPSA) is 34.5 Å². The van der Waals surface area contributed by atoms with Crippen molar-refractivity contribution in [1.29, 1.82) is 0 Å². The van der Waals surface area contributed by atoms with Crippen LogP contribution in [-0.4, -0.2) is 35.4 Å². The first-order chi connectivity index (χ1) is 11.7. The number of fused-ring (bicyclic) bond motifs is 4. The number of rotatable bonds is 3. The highest BCUT2D eigenvalue weighted by atomic mass is 16.5. The Kier molecular flexibility index (Phi) is 3.08. The molecule has 1 unspecified atom stereocenters. The molecule has 0 amide bonds. The Morgan fingerprint density at radius 3 is 2.96 bits per heavy atom. The second-order valence-electron chi connectivity index (χ2n) is 7.74. The first kappa shape index (κ1) is 14.5. The average molecular weight is 324 g/mol. The van der Waals surface area contributed by atoms with Gasteiger partial charge in [-0.1, -0.05) is 13.3 Å². The number of hydrogen-bond donors (Lipinski definition) is 0. The molecule has 0 N–H and O–H groups in total. The maximum atomic E-state index is 12.0. The zero-order valence-corrected chi connectivity index (χ0v) is 14.4. The van der Waals surface area contributed by atoms with E-state index in [9.17, 15) is 4.79 Å². The average Bonchev–Trinajstić information content (AvgIpc) is 2.94. The fourth-order valence-corrected chi connectivity index (χ4v) is 5.84. The SMILES string of the molecule is CC[C@H]1C[C@@H]2C[C@H]3c4c(C=O)c5cc(OC)ccc5n4CN(C2)[C@@H]13. The molecule has 3 aliphatic heterocycles. The van der Waals surface area contributed by atoms with Gasteiger partial charge >= 0.3 is 0 Å². The number of hydrogen-bond acceptors (Lipinski definition) is 3. The van der Waals surface area contributed by atoms with Gasteiger partial charge in [-0.15, -0.1) is 0 Å². The number of aldehydes is 1. The van der Waals surface area contributed by atoms with Crippen LogP contribution in [0.5, 0.6) is 5.75 Å². The van der Waals surface area contributed by atoms with Crippen LogP contribution in [0.1, 0.15) is 48.2 Å². The van der Waals surface area contributed by atoms with Gasteiger partial charge in [0, 0.05) is 35.1 Å². The zero-order valence-electron chi connectivity index (χ0n) is 14.4. The summed E-state index contributed by atoms with van der Waals surface area (Å²) in [6.07, 6.45) is 4.94. The first-order valence-corrected chi connectivity index (χ1v) is 9.14. The van der Waals surface area contributed by atoms with Crippen LogP contribution in [-0.2, 0) is 6.67 Å². The van der Waals surface area contributed by atoms with Crippen molar-refractivity contribution >= 4 is 17.2 Å². The lowest BCUT2D eigenvalue weighted by Crippen LogP contribution is -2.59. The van der Waals surface area contributed by atoms with Crippen LogP contribution in [0.4, 0.5) is 0 Å². The summed E-state index contributed by atoms with van der Waals surface area (Å²) in [7, 11) is 1.68. The summed E-state index contributed by atoms with van der Waals surface area (Å²) in [6, 6.07) is 6.77. The molecule has 1 aliphatic carbocycles. The third-order valence-electron chi connectivity index (χ3n) is 6.70. The monoisotopic (exact) mass is 324 g/mol. The van der Waals surface area contributed by atoms with E-state index in [1.54, 1.807) is 7.11 Å². The molecular formula is C20H24N2O2. The van der Waals surface area contributed by atoms with Crippen LogP contribution in [0.2, 0.25) is 0 Å².